The third-order valence-corrected chi connectivity index (χ3v) is 17.8. The number of ether oxygens (including phenoxy) is 1. The molecular weight excluding hydrogens is 983 g/mol. The van der Waals surface area contributed by atoms with Crippen LogP contribution in [0.15, 0.2) is 279 Å². The van der Waals surface area contributed by atoms with Gasteiger partial charge in [0.25, 0.3) is 20.1 Å². The number of hydrogen-bond acceptors (Lipinski definition) is 6. The van der Waals surface area contributed by atoms with E-state index in [-0.39, 0.29) is 20.1 Å². The molecule has 374 valence electrons. The number of rotatable bonds is 6. The lowest BCUT2D eigenvalue weighted by Gasteiger charge is -2.51. The van der Waals surface area contributed by atoms with Crippen molar-refractivity contribution in [3.63, 3.8) is 0 Å². The van der Waals surface area contributed by atoms with Crippen molar-refractivity contribution in [2.24, 2.45) is 0 Å². The highest BCUT2D eigenvalue weighted by molar-refractivity contribution is 7.05. The fourth-order valence-electron chi connectivity index (χ4n) is 14.7. The van der Waals surface area contributed by atoms with E-state index in [9.17, 15) is 0 Å². The molecule has 9 heteroatoms. The summed E-state index contributed by atoms with van der Waals surface area (Å²) in [5.74, 6) is 1.69. The molecule has 0 N–H and O–H groups in total. The quantitative estimate of drug-likeness (QED) is 0.154. The number of para-hydroxylation sites is 9. The highest BCUT2D eigenvalue weighted by atomic mass is 16.5. The minimum atomic E-state index is -0.146. The van der Waals surface area contributed by atoms with Gasteiger partial charge in [-0.3, -0.25) is 0 Å². The molecular formula is C72H46B3N5O. The van der Waals surface area contributed by atoms with Gasteiger partial charge in [0.15, 0.2) is 0 Å². The summed E-state index contributed by atoms with van der Waals surface area (Å²) in [6, 6.07) is 103. The van der Waals surface area contributed by atoms with Gasteiger partial charge in [-0.25, -0.2) is 0 Å². The molecule has 0 amide bonds. The third kappa shape index (κ3) is 6.26. The van der Waals surface area contributed by atoms with E-state index in [0.29, 0.717) is 0 Å². The Labute approximate surface area is 471 Å². The van der Waals surface area contributed by atoms with Gasteiger partial charge in [-0.1, -0.05) is 170 Å². The van der Waals surface area contributed by atoms with E-state index >= 15 is 0 Å². The van der Waals surface area contributed by atoms with Gasteiger partial charge < -0.3 is 29.2 Å². The molecule has 0 saturated heterocycles. The van der Waals surface area contributed by atoms with Crippen LogP contribution in [0.3, 0.4) is 0 Å². The van der Waals surface area contributed by atoms with Crippen molar-refractivity contribution >= 4 is 155 Å². The van der Waals surface area contributed by atoms with Crippen molar-refractivity contribution in [2.75, 3.05) is 24.5 Å². The molecule has 12 aromatic rings. The molecule has 6 aliphatic heterocycles. The Hall–Kier alpha value is -10.4. The summed E-state index contributed by atoms with van der Waals surface area (Å²) in [7, 11) is 0. The summed E-state index contributed by atoms with van der Waals surface area (Å²) in [5, 5.41) is 0. The van der Waals surface area contributed by atoms with E-state index in [4.69, 9.17) is 4.74 Å². The summed E-state index contributed by atoms with van der Waals surface area (Å²) in [6.45, 7) is -0.259. The van der Waals surface area contributed by atoms with Crippen LogP contribution in [0.1, 0.15) is 0 Å². The maximum Gasteiger partial charge on any atom is 0.256 e. The van der Waals surface area contributed by atoms with Gasteiger partial charge in [0.2, 0.25) is 0 Å². The smallest absolute Gasteiger partial charge is 0.256 e. The molecule has 18 rings (SSSR count). The molecule has 12 aromatic carbocycles. The lowest BCUT2D eigenvalue weighted by molar-refractivity contribution is 0.488. The molecule has 0 fully saturated rings. The maximum atomic E-state index is 7.69. The first-order valence-electron chi connectivity index (χ1n) is 28.1. The van der Waals surface area contributed by atoms with Crippen LogP contribution in [0, 0.1) is 0 Å². The van der Waals surface area contributed by atoms with Gasteiger partial charge in [0.1, 0.15) is 11.5 Å². The molecule has 6 aliphatic rings. The van der Waals surface area contributed by atoms with Crippen molar-refractivity contribution in [1.82, 2.24) is 0 Å². The minimum absolute atomic E-state index is 0.00384. The summed E-state index contributed by atoms with van der Waals surface area (Å²) in [4.78, 5) is 12.5. The zero-order chi connectivity index (χ0) is 52.9. The number of benzene rings is 12. The third-order valence-electron chi connectivity index (χ3n) is 17.8. The Morgan fingerprint density at radius 1 is 0.247 bits per heavy atom. The van der Waals surface area contributed by atoms with Gasteiger partial charge in [-0.05, 0) is 146 Å². The summed E-state index contributed by atoms with van der Waals surface area (Å²) >= 11 is 0. The van der Waals surface area contributed by atoms with Crippen LogP contribution in [0.25, 0.3) is 0 Å². The molecule has 0 unspecified atom stereocenters. The Bertz CT molecular complexity index is 4520. The lowest BCUT2D eigenvalue weighted by atomic mass is 9.28. The van der Waals surface area contributed by atoms with Crippen LogP contribution < -0.4 is 78.4 Å². The zero-order valence-corrected chi connectivity index (χ0v) is 43.9. The van der Waals surface area contributed by atoms with Crippen LogP contribution in [0.2, 0.25) is 0 Å². The second-order valence-electron chi connectivity index (χ2n) is 21.9. The molecule has 81 heavy (non-hydrogen) atoms. The maximum absolute atomic E-state index is 7.69. The van der Waals surface area contributed by atoms with Crippen molar-refractivity contribution < 1.29 is 4.74 Å². The van der Waals surface area contributed by atoms with E-state index in [1.165, 1.54) is 66.7 Å². The first kappa shape index (κ1) is 44.6. The second-order valence-corrected chi connectivity index (χ2v) is 21.9. The molecule has 0 saturated carbocycles. The number of hydrogen-bond donors (Lipinski definition) is 0. The van der Waals surface area contributed by atoms with Crippen LogP contribution >= 0.6 is 0 Å². The van der Waals surface area contributed by atoms with Crippen molar-refractivity contribution in [3.05, 3.63) is 279 Å². The normalized spacial score (nSPS) is 13.9. The predicted molar refractivity (Wildman–Crippen MR) is 340 cm³/mol. The average Bonchev–Trinajstić information content (AvgIpc) is 3.46. The SMILES string of the molecule is c1ccc(N(c2ccccc2)c2cc3c4c(c2)N(c2ccccc2)c2ccccc2B4c2cc4c(cc2O3)N(c2ccccc2)c2cc3c5c6c2B4c2ccccc2N6c2ccccc2B5c2ccccc2N3c2ccccc2)cc1. The first-order valence-corrected chi connectivity index (χ1v) is 28.1. The van der Waals surface area contributed by atoms with Gasteiger partial charge in [-0.2, -0.15) is 0 Å². The van der Waals surface area contributed by atoms with Gasteiger partial charge in [-0.15, -0.1) is 0 Å². The van der Waals surface area contributed by atoms with Crippen LogP contribution in [0.5, 0.6) is 11.5 Å². The van der Waals surface area contributed by atoms with Gasteiger partial charge in [0, 0.05) is 91.8 Å². The summed E-state index contributed by atoms with van der Waals surface area (Å²) in [6.07, 6.45) is 0. The van der Waals surface area contributed by atoms with E-state index in [1.807, 2.05) is 0 Å². The molecule has 0 spiro atoms. The van der Waals surface area contributed by atoms with Crippen molar-refractivity contribution in [3.8, 4) is 11.5 Å². The number of fused-ring (bicyclic) bond motifs is 14. The Balaban J connectivity index is 0.934. The molecule has 0 atom stereocenters. The molecule has 6 nitrogen and oxygen atoms in total. The Kier molecular flexibility index (Phi) is 9.40. The van der Waals surface area contributed by atoms with Crippen LogP contribution in [0.4, 0.5) is 85.3 Å². The summed E-state index contributed by atoms with van der Waals surface area (Å²) < 4.78 is 7.69. The van der Waals surface area contributed by atoms with Gasteiger partial charge in [0.05, 0.1) is 5.69 Å². The second kappa shape index (κ2) is 17.1. The number of nitrogens with zero attached hydrogens (tertiary/aromatic N) is 5. The predicted octanol–water partition coefficient (Wildman–Crippen LogP) is 12.3. The molecule has 6 heterocycles. The molecule has 0 aliphatic carbocycles. The van der Waals surface area contributed by atoms with Crippen LogP contribution in [-0.4, -0.2) is 20.1 Å². The molecule has 0 radical (unpaired) electrons. The monoisotopic (exact) mass is 1030 g/mol. The fraction of sp³-hybridized carbons (Fsp3) is 0. The molecule has 0 bridgehead atoms. The topological polar surface area (TPSA) is 25.4 Å². The van der Waals surface area contributed by atoms with E-state index in [1.54, 1.807) is 0 Å². The van der Waals surface area contributed by atoms with E-state index in [2.05, 4.69) is 304 Å². The van der Waals surface area contributed by atoms with Crippen molar-refractivity contribution in [1.29, 1.82) is 0 Å². The largest absolute Gasteiger partial charge is 0.458 e. The highest BCUT2D eigenvalue weighted by Gasteiger charge is 2.53. The highest BCUT2D eigenvalue weighted by Crippen LogP contribution is 2.52. The summed E-state index contributed by atoms with van der Waals surface area (Å²) in [5.41, 5.74) is 28.4. The van der Waals surface area contributed by atoms with E-state index < -0.39 is 0 Å². The first-order chi connectivity index (χ1) is 40.2. The van der Waals surface area contributed by atoms with Crippen LogP contribution in [-0.2, 0) is 0 Å². The number of anilines is 15. The van der Waals surface area contributed by atoms with E-state index in [0.717, 1.165) is 79.3 Å². The van der Waals surface area contributed by atoms with Crippen molar-refractivity contribution in [2.45, 2.75) is 0 Å². The van der Waals surface area contributed by atoms with Gasteiger partial charge >= 0.3 is 0 Å². The molecule has 0 aromatic heterocycles. The minimum Gasteiger partial charge on any atom is -0.458 e. The zero-order valence-electron chi connectivity index (χ0n) is 43.9. The Morgan fingerprint density at radius 3 is 1.09 bits per heavy atom. The average molecular weight is 1030 g/mol. The fourth-order valence-corrected chi connectivity index (χ4v) is 14.7. The Morgan fingerprint density at radius 2 is 0.617 bits per heavy atom. The standard InChI is InChI=1S/C72H46B3N5O/c1-6-24-47(25-7-1)76(48-26-8-2-9-27-48)52-42-64-69-68(43-52)81-67-46-63-57(44-58(67)75(69)54-35-17-21-39-60(54)77(64)49-28-10-3-11-29-49)74-56-37-19-23-41-62(56)80-61-40-22-18-36-55(61)73-53-34-16-20-38-59(53)78(50-30-12-4-13-31-50)65-45-66(71(74)72(80)70(65)73)79(63)51-32-14-5-15-33-51/h1-46H. The lowest BCUT2D eigenvalue weighted by Crippen LogP contribution is -2.69.